The normalized spacial score (nSPS) is 31.4. The molecule has 2 nitrogen and oxygen atoms in total. The molecule has 2 atom stereocenters. The molecule has 0 amide bonds. The van der Waals surface area contributed by atoms with Gasteiger partial charge in [0.15, 0.2) is 0 Å². The molecule has 68 valence electrons. The summed E-state index contributed by atoms with van der Waals surface area (Å²) >= 11 is 0. The monoisotopic (exact) mass is 167 g/mol. The summed E-state index contributed by atoms with van der Waals surface area (Å²) in [4.78, 5) is 0. The highest BCUT2D eigenvalue weighted by Gasteiger charge is 2.29. The van der Waals surface area contributed by atoms with Gasteiger partial charge in [0.1, 0.15) is 0 Å². The minimum atomic E-state index is 0.0190. The number of hydrogen-bond acceptors (Lipinski definition) is 2. The van der Waals surface area contributed by atoms with Gasteiger partial charge in [-0.15, -0.1) is 6.42 Å². The summed E-state index contributed by atoms with van der Waals surface area (Å²) in [6, 6.07) is 0.144. The van der Waals surface area contributed by atoms with Crippen LogP contribution in [0.5, 0.6) is 0 Å². The molecule has 1 heterocycles. The zero-order valence-corrected chi connectivity index (χ0v) is 7.89. The van der Waals surface area contributed by atoms with Crippen molar-refractivity contribution < 1.29 is 4.74 Å². The fourth-order valence-electron chi connectivity index (χ4n) is 1.40. The van der Waals surface area contributed by atoms with Gasteiger partial charge in [-0.1, -0.05) is 5.92 Å². The van der Waals surface area contributed by atoms with Crippen LogP contribution in [0.1, 0.15) is 26.7 Å². The Bertz CT molecular complexity index is 177. The number of ether oxygens (including phenoxy) is 1. The molecule has 1 aliphatic rings. The summed E-state index contributed by atoms with van der Waals surface area (Å²) in [6.45, 7) is 5.87. The maximum atomic E-state index is 5.60. The van der Waals surface area contributed by atoms with Crippen LogP contribution in [-0.2, 0) is 4.74 Å². The second-order valence-electron chi connectivity index (χ2n) is 3.67. The van der Waals surface area contributed by atoms with Crippen molar-refractivity contribution in [2.24, 2.45) is 0 Å². The van der Waals surface area contributed by atoms with Crippen molar-refractivity contribution in [2.45, 2.75) is 38.3 Å². The first-order valence-corrected chi connectivity index (χ1v) is 4.50. The van der Waals surface area contributed by atoms with Gasteiger partial charge < -0.3 is 10.1 Å². The molecule has 0 spiro atoms. The van der Waals surface area contributed by atoms with Crippen LogP contribution in [0.25, 0.3) is 0 Å². The van der Waals surface area contributed by atoms with Crippen LogP contribution in [0.15, 0.2) is 0 Å². The summed E-state index contributed by atoms with van der Waals surface area (Å²) in [5, 5.41) is 3.25. The van der Waals surface area contributed by atoms with Gasteiger partial charge in [-0.3, -0.25) is 0 Å². The SMILES string of the molecule is C#CC(C)NCC1(C)CCCO1. The molecular formula is C10H17NO. The van der Waals surface area contributed by atoms with Crippen LogP contribution in [0.3, 0.4) is 0 Å². The van der Waals surface area contributed by atoms with E-state index in [-0.39, 0.29) is 11.6 Å². The van der Waals surface area contributed by atoms with Crippen LogP contribution in [0.4, 0.5) is 0 Å². The molecule has 2 unspecified atom stereocenters. The van der Waals surface area contributed by atoms with Crippen LogP contribution < -0.4 is 5.32 Å². The van der Waals surface area contributed by atoms with Crippen LogP contribution >= 0.6 is 0 Å². The maximum absolute atomic E-state index is 5.60. The van der Waals surface area contributed by atoms with Crippen molar-refractivity contribution in [1.29, 1.82) is 0 Å². The molecule has 0 bridgehead atoms. The molecule has 1 rings (SSSR count). The van der Waals surface area contributed by atoms with E-state index in [1.807, 2.05) is 6.92 Å². The van der Waals surface area contributed by atoms with E-state index in [1.54, 1.807) is 0 Å². The van der Waals surface area contributed by atoms with Gasteiger partial charge in [-0.2, -0.15) is 0 Å². The van der Waals surface area contributed by atoms with Crippen LogP contribution in [0, 0.1) is 12.3 Å². The lowest BCUT2D eigenvalue weighted by atomic mass is 10.0. The maximum Gasteiger partial charge on any atom is 0.0779 e. The molecular weight excluding hydrogens is 150 g/mol. The second kappa shape index (κ2) is 3.93. The minimum Gasteiger partial charge on any atom is -0.374 e. The van der Waals surface area contributed by atoms with Crippen LogP contribution in [0.2, 0.25) is 0 Å². The summed E-state index contributed by atoms with van der Waals surface area (Å²) in [6.07, 6.45) is 7.55. The Morgan fingerprint density at radius 2 is 2.50 bits per heavy atom. The second-order valence-corrected chi connectivity index (χ2v) is 3.67. The van der Waals surface area contributed by atoms with E-state index >= 15 is 0 Å². The standard InChI is InChI=1S/C10H17NO/c1-4-9(2)11-8-10(3)6-5-7-12-10/h1,9,11H,5-8H2,2-3H3. The number of nitrogens with one attached hydrogen (secondary N) is 1. The predicted molar refractivity (Wildman–Crippen MR) is 49.9 cm³/mol. The van der Waals surface area contributed by atoms with Gasteiger partial charge in [-0.05, 0) is 26.7 Å². The summed E-state index contributed by atoms with van der Waals surface area (Å²) in [5.41, 5.74) is 0.0190. The van der Waals surface area contributed by atoms with E-state index < -0.39 is 0 Å². The Kier molecular flexibility index (Phi) is 3.13. The largest absolute Gasteiger partial charge is 0.374 e. The molecule has 0 aromatic carbocycles. The number of rotatable bonds is 3. The molecule has 0 saturated carbocycles. The highest BCUT2D eigenvalue weighted by atomic mass is 16.5. The van der Waals surface area contributed by atoms with Gasteiger partial charge in [0, 0.05) is 13.2 Å². The zero-order chi connectivity index (χ0) is 9.03. The highest BCUT2D eigenvalue weighted by Crippen LogP contribution is 2.23. The van der Waals surface area contributed by atoms with Crippen molar-refractivity contribution in [3.05, 3.63) is 0 Å². The van der Waals surface area contributed by atoms with Crippen molar-refractivity contribution in [2.75, 3.05) is 13.2 Å². The van der Waals surface area contributed by atoms with E-state index in [4.69, 9.17) is 11.2 Å². The van der Waals surface area contributed by atoms with Gasteiger partial charge in [0.05, 0.1) is 11.6 Å². The topological polar surface area (TPSA) is 21.3 Å². The van der Waals surface area contributed by atoms with E-state index in [0.717, 1.165) is 19.6 Å². The first-order valence-electron chi connectivity index (χ1n) is 4.50. The summed E-state index contributed by atoms with van der Waals surface area (Å²) in [5.74, 6) is 2.64. The molecule has 0 aromatic heterocycles. The molecule has 2 heteroatoms. The lowest BCUT2D eigenvalue weighted by molar-refractivity contribution is 0.0202. The summed E-state index contributed by atoms with van der Waals surface area (Å²) in [7, 11) is 0. The van der Waals surface area contributed by atoms with Gasteiger partial charge in [-0.25, -0.2) is 0 Å². The molecule has 1 saturated heterocycles. The minimum absolute atomic E-state index is 0.0190. The average molecular weight is 167 g/mol. The lowest BCUT2D eigenvalue weighted by Gasteiger charge is -2.24. The first kappa shape index (κ1) is 9.57. The Hall–Kier alpha value is -0.520. The third-order valence-corrected chi connectivity index (χ3v) is 2.33. The average Bonchev–Trinajstić information content (AvgIpc) is 2.49. The fourth-order valence-corrected chi connectivity index (χ4v) is 1.40. The van der Waals surface area contributed by atoms with Gasteiger partial charge in [0.25, 0.3) is 0 Å². The Labute approximate surface area is 74.7 Å². The third kappa shape index (κ3) is 2.51. The van der Waals surface area contributed by atoms with E-state index in [9.17, 15) is 0 Å². The van der Waals surface area contributed by atoms with Crippen molar-refractivity contribution in [3.63, 3.8) is 0 Å². The smallest absolute Gasteiger partial charge is 0.0779 e. The number of terminal acetylenes is 1. The highest BCUT2D eigenvalue weighted by molar-refractivity contribution is 4.97. The predicted octanol–water partition coefficient (Wildman–Crippen LogP) is 1.17. The third-order valence-electron chi connectivity index (χ3n) is 2.33. The van der Waals surface area contributed by atoms with Gasteiger partial charge >= 0.3 is 0 Å². The quantitative estimate of drug-likeness (QED) is 0.637. The van der Waals surface area contributed by atoms with Crippen LogP contribution in [-0.4, -0.2) is 24.8 Å². The molecule has 1 aliphatic heterocycles. The zero-order valence-electron chi connectivity index (χ0n) is 7.89. The molecule has 0 aliphatic carbocycles. The van der Waals surface area contributed by atoms with E-state index in [1.165, 1.54) is 6.42 Å². The molecule has 0 radical (unpaired) electrons. The van der Waals surface area contributed by atoms with Crippen molar-refractivity contribution in [1.82, 2.24) is 5.32 Å². The Morgan fingerprint density at radius 3 is 3.00 bits per heavy atom. The Morgan fingerprint density at radius 1 is 1.75 bits per heavy atom. The lowest BCUT2D eigenvalue weighted by Crippen LogP contribution is -2.40. The molecule has 12 heavy (non-hydrogen) atoms. The molecule has 0 aromatic rings. The Balaban J connectivity index is 2.26. The van der Waals surface area contributed by atoms with Crippen molar-refractivity contribution >= 4 is 0 Å². The first-order chi connectivity index (χ1) is 5.66. The van der Waals surface area contributed by atoms with Crippen molar-refractivity contribution in [3.8, 4) is 12.3 Å². The number of hydrogen-bond donors (Lipinski definition) is 1. The fraction of sp³-hybridized carbons (Fsp3) is 0.800. The van der Waals surface area contributed by atoms with E-state index in [2.05, 4.69) is 18.2 Å². The van der Waals surface area contributed by atoms with Gasteiger partial charge in [0.2, 0.25) is 0 Å². The summed E-state index contributed by atoms with van der Waals surface area (Å²) < 4.78 is 5.60. The van der Waals surface area contributed by atoms with E-state index in [0.29, 0.717) is 0 Å². The molecule has 1 N–H and O–H groups in total. The molecule has 1 fully saturated rings.